The Kier molecular flexibility index (Phi) is 4.11. The predicted octanol–water partition coefficient (Wildman–Crippen LogP) is 0.820. The van der Waals surface area contributed by atoms with E-state index in [-0.39, 0.29) is 6.54 Å². The molecular weight excluding hydrogens is 260 g/mol. The standard InChI is InChI=1S/C12H18N6O2/c1-8(2)6-9(12(19)20)7-18-11(14-15-16-18)10-4-5-13-17(10)3/h4-5,8-9H,6-7H2,1-3H3,(H,19,20). The van der Waals surface area contributed by atoms with Gasteiger partial charge >= 0.3 is 5.97 Å². The second-order valence-corrected chi connectivity index (χ2v) is 5.19. The molecule has 0 bridgehead atoms. The highest BCUT2D eigenvalue weighted by Gasteiger charge is 2.23. The molecule has 0 aliphatic heterocycles. The molecule has 2 aromatic heterocycles. The van der Waals surface area contributed by atoms with Crippen LogP contribution in [-0.4, -0.2) is 41.1 Å². The van der Waals surface area contributed by atoms with Crippen LogP contribution >= 0.6 is 0 Å². The molecule has 0 aliphatic rings. The zero-order chi connectivity index (χ0) is 14.7. The molecule has 8 heteroatoms. The molecule has 0 radical (unpaired) electrons. The molecule has 1 unspecified atom stereocenters. The smallest absolute Gasteiger partial charge is 0.308 e. The van der Waals surface area contributed by atoms with Gasteiger partial charge in [-0.2, -0.15) is 5.10 Å². The van der Waals surface area contributed by atoms with Crippen molar-refractivity contribution in [3.8, 4) is 11.5 Å². The average molecular weight is 278 g/mol. The maximum atomic E-state index is 11.3. The van der Waals surface area contributed by atoms with Gasteiger partial charge in [-0.1, -0.05) is 13.8 Å². The first-order valence-corrected chi connectivity index (χ1v) is 6.46. The van der Waals surface area contributed by atoms with Crippen LogP contribution in [0.2, 0.25) is 0 Å². The fourth-order valence-electron chi connectivity index (χ4n) is 2.14. The summed E-state index contributed by atoms with van der Waals surface area (Å²) in [5.74, 6) is -0.511. The van der Waals surface area contributed by atoms with Gasteiger partial charge in [0.25, 0.3) is 0 Å². The summed E-state index contributed by atoms with van der Waals surface area (Å²) in [6.45, 7) is 4.25. The molecule has 2 aromatic rings. The maximum absolute atomic E-state index is 11.3. The molecule has 0 fully saturated rings. The average Bonchev–Trinajstić information content (AvgIpc) is 2.96. The lowest BCUT2D eigenvalue weighted by molar-refractivity contribution is -0.142. The van der Waals surface area contributed by atoms with E-state index in [4.69, 9.17) is 0 Å². The van der Waals surface area contributed by atoms with Gasteiger partial charge < -0.3 is 5.11 Å². The van der Waals surface area contributed by atoms with Crippen LogP contribution in [0.15, 0.2) is 12.3 Å². The summed E-state index contributed by atoms with van der Waals surface area (Å²) in [6, 6.07) is 1.79. The second kappa shape index (κ2) is 5.81. The molecule has 0 aromatic carbocycles. The molecule has 8 nitrogen and oxygen atoms in total. The normalized spacial score (nSPS) is 12.8. The predicted molar refractivity (Wildman–Crippen MR) is 70.6 cm³/mol. The van der Waals surface area contributed by atoms with E-state index in [0.717, 1.165) is 5.69 Å². The van der Waals surface area contributed by atoms with Gasteiger partial charge in [0.2, 0.25) is 0 Å². The maximum Gasteiger partial charge on any atom is 0.308 e. The zero-order valence-electron chi connectivity index (χ0n) is 11.8. The van der Waals surface area contributed by atoms with E-state index < -0.39 is 11.9 Å². The molecule has 108 valence electrons. The third-order valence-corrected chi connectivity index (χ3v) is 3.08. The lowest BCUT2D eigenvalue weighted by atomic mass is 9.97. The van der Waals surface area contributed by atoms with Crippen LogP contribution in [0.4, 0.5) is 0 Å². The fourth-order valence-corrected chi connectivity index (χ4v) is 2.14. The van der Waals surface area contributed by atoms with Gasteiger partial charge in [0.1, 0.15) is 5.69 Å². The Morgan fingerprint density at radius 3 is 2.75 bits per heavy atom. The van der Waals surface area contributed by atoms with Crippen molar-refractivity contribution in [3.63, 3.8) is 0 Å². The molecule has 0 spiro atoms. The van der Waals surface area contributed by atoms with Crippen molar-refractivity contribution >= 4 is 5.97 Å². The first-order chi connectivity index (χ1) is 9.49. The van der Waals surface area contributed by atoms with Gasteiger partial charge in [0.05, 0.1) is 12.5 Å². The number of tetrazole rings is 1. The molecule has 0 saturated carbocycles. The Morgan fingerprint density at radius 2 is 2.20 bits per heavy atom. The highest BCUT2D eigenvalue weighted by atomic mass is 16.4. The molecule has 0 amide bonds. The van der Waals surface area contributed by atoms with Crippen LogP contribution in [0.3, 0.4) is 0 Å². The van der Waals surface area contributed by atoms with E-state index in [1.165, 1.54) is 4.68 Å². The van der Waals surface area contributed by atoms with Crippen LogP contribution in [-0.2, 0) is 18.4 Å². The number of aromatic nitrogens is 6. The third kappa shape index (κ3) is 3.01. The minimum Gasteiger partial charge on any atom is -0.481 e. The summed E-state index contributed by atoms with van der Waals surface area (Å²) in [5.41, 5.74) is 0.753. The summed E-state index contributed by atoms with van der Waals surface area (Å²) in [5, 5.41) is 24.9. The van der Waals surface area contributed by atoms with Crippen molar-refractivity contribution in [2.45, 2.75) is 26.8 Å². The van der Waals surface area contributed by atoms with Crippen molar-refractivity contribution in [2.75, 3.05) is 0 Å². The number of hydrogen-bond acceptors (Lipinski definition) is 5. The second-order valence-electron chi connectivity index (χ2n) is 5.19. The Labute approximate surface area is 116 Å². The number of aryl methyl sites for hydroxylation is 1. The number of carboxylic acid groups (broad SMARTS) is 1. The highest BCUT2D eigenvalue weighted by molar-refractivity contribution is 5.70. The van der Waals surface area contributed by atoms with Crippen LogP contribution < -0.4 is 0 Å². The van der Waals surface area contributed by atoms with Crippen LogP contribution in [0.5, 0.6) is 0 Å². The van der Waals surface area contributed by atoms with Gasteiger partial charge in [-0.15, -0.1) is 5.10 Å². The number of rotatable bonds is 6. The minimum atomic E-state index is -0.829. The SMILES string of the molecule is CC(C)CC(Cn1nnnc1-c1ccnn1C)C(=O)O. The van der Waals surface area contributed by atoms with Crippen LogP contribution in [0.25, 0.3) is 11.5 Å². The Hall–Kier alpha value is -2.25. The minimum absolute atomic E-state index is 0.251. The lowest BCUT2D eigenvalue weighted by Gasteiger charge is -2.15. The number of hydrogen-bond donors (Lipinski definition) is 1. The molecule has 1 N–H and O–H groups in total. The number of aliphatic carboxylic acids is 1. The molecule has 2 rings (SSSR count). The van der Waals surface area contributed by atoms with Gasteiger partial charge in [0.15, 0.2) is 5.82 Å². The Balaban J connectivity index is 2.24. The van der Waals surface area contributed by atoms with E-state index in [2.05, 4.69) is 20.6 Å². The first kappa shape index (κ1) is 14.2. The first-order valence-electron chi connectivity index (χ1n) is 6.46. The molecule has 2 heterocycles. The summed E-state index contributed by atoms with van der Waals surface area (Å²) >= 11 is 0. The molecule has 0 saturated heterocycles. The van der Waals surface area contributed by atoms with Crippen molar-refractivity contribution in [1.29, 1.82) is 0 Å². The fraction of sp³-hybridized carbons (Fsp3) is 0.583. The number of nitrogens with zero attached hydrogens (tertiary/aromatic N) is 6. The summed E-state index contributed by atoms with van der Waals surface area (Å²) < 4.78 is 3.18. The van der Waals surface area contributed by atoms with Crippen molar-refractivity contribution in [3.05, 3.63) is 12.3 Å². The van der Waals surface area contributed by atoms with Gasteiger partial charge in [-0.05, 0) is 28.8 Å². The van der Waals surface area contributed by atoms with Gasteiger partial charge in [-0.25, -0.2) is 4.68 Å². The van der Waals surface area contributed by atoms with E-state index in [0.29, 0.717) is 18.2 Å². The summed E-state index contributed by atoms with van der Waals surface area (Å²) in [4.78, 5) is 11.3. The van der Waals surface area contributed by atoms with E-state index >= 15 is 0 Å². The number of carboxylic acids is 1. The van der Waals surface area contributed by atoms with Crippen molar-refractivity contribution in [1.82, 2.24) is 30.0 Å². The monoisotopic (exact) mass is 278 g/mol. The van der Waals surface area contributed by atoms with Crippen LogP contribution in [0.1, 0.15) is 20.3 Å². The van der Waals surface area contributed by atoms with Crippen LogP contribution in [0, 0.1) is 11.8 Å². The largest absolute Gasteiger partial charge is 0.481 e. The number of carbonyl (C=O) groups is 1. The Bertz CT molecular complexity index is 588. The van der Waals surface area contributed by atoms with E-state index in [1.807, 2.05) is 13.8 Å². The van der Waals surface area contributed by atoms with E-state index in [9.17, 15) is 9.90 Å². The zero-order valence-corrected chi connectivity index (χ0v) is 11.8. The molecule has 20 heavy (non-hydrogen) atoms. The molecule has 0 aliphatic carbocycles. The molecule has 1 atom stereocenters. The lowest BCUT2D eigenvalue weighted by Crippen LogP contribution is -2.23. The highest BCUT2D eigenvalue weighted by Crippen LogP contribution is 2.18. The van der Waals surface area contributed by atoms with Gasteiger partial charge in [0, 0.05) is 13.2 Å². The molecular formula is C12H18N6O2. The van der Waals surface area contributed by atoms with E-state index in [1.54, 1.807) is 24.0 Å². The third-order valence-electron chi connectivity index (χ3n) is 3.08. The summed E-state index contributed by atoms with van der Waals surface area (Å²) in [6.07, 6.45) is 2.23. The van der Waals surface area contributed by atoms with Crippen molar-refractivity contribution in [2.24, 2.45) is 18.9 Å². The van der Waals surface area contributed by atoms with Gasteiger partial charge in [-0.3, -0.25) is 9.48 Å². The quantitative estimate of drug-likeness (QED) is 0.840. The topological polar surface area (TPSA) is 98.7 Å². The summed E-state index contributed by atoms with van der Waals surface area (Å²) in [7, 11) is 1.79. The Morgan fingerprint density at radius 1 is 1.45 bits per heavy atom. The van der Waals surface area contributed by atoms with Crippen molar-refractivity contribution < 1.29 is 9.90 Å².